The van der Waals surface area contributed by atoms with Gasteiger partial charge in [0.15, 0.2) is 12.5 Å². The molecule has 0 unspecified atom stereocenters. The Morgan fingerprint density at radius 2 is 1.12 bits per heavy atom. The maximum atomic E-state index is 13.9. The van der Waals surface area contributed by atoms with Crippen LogP contribution in [-0.4, -0.2) is 140 Å². The number of hydrogen-bond acceptors (Lipinski definition) is 15. The van der Waals surface area contributed by atoms with Gasteiger partial charge in [0.2, 0.25) is 5.91 Å². The van der Waals surface area contributed by atoms with Gasteiger partial charge in [-0.1, -0.05) is 91.0 Å². The monoisotopic (exact) mass is 784 g/mol. The Morgan fingerprint density at radius 1 is 0.607 bits per heavy atom. The van der Waals surface area contributed by atoms with Crippen molar-refractivity contribution < 1.29 is 69.1 Å². The van der Waals surface area contributed by atoms with E-state index in [9.17, 15) is 50.1 Å². The lowest BCUT2D eigenvalue weighted by Gasteiger charge is -2.43. The summed E-state index contributed by atoms with van der Waals surface area (Å²) >= 11 is 0. The number of alkyl carbamates (subject to hydrolysis) is 1. The normalized spacial score (nSPS) is 28.7. The van der Waals surface area contributed by atoms with Gasteiger partial charge in [-0.05, 0) is 16.7 Å². The molecule has 56 heavy (non-hydrogen) atoms. The number of hydrazine groups is 1. The van der Waals surface area contributed by atoms with Crippen LogP contribution >= 0.6 is 0 Å². The molecule has 2 heterocycles. The predicted molar refractivity (Wildman–Crippen MR) is 193 cm³/mol. The molecule has 0 bridgehead atoms. The summed E-state index contributed by atoms with van der Waals surface area (Å²) in [6.45, 7) is -1.34. The van der Waals surface area contributed by atoms with Gasteiger partial charge in [-0.15, -0.1) is 0 Å². The van der Waals surface area contributed by atoms with Gasteiger partial charge in [-0.3, -0.25) is 15.0 Å². The van der Waals surface area contributed by atoms with Gasteiger partial charge in [-0.25, -0.2) is 10.2 Å². The summed E-state index contributed by atoms with van der Waals surface area (Å²) in [4.78, 5) is 40.5. The fourth-order valence-corrected chi connectivity index (χ4v) is 6.13. The van der Waals surface area contributed by atoms with Crippen molar-refractivity contribution in [2.75, 3.05) is 13.2 Å². The lowest BCUT2D eigenvalue weighted by molar-refractivity contribution is -0.315. The van der Waals surface area contributed by atoms with Crippen LogP contribution in [0.15, 0.2) is 91.0 Å². The Labute approximate surface area is 322 Å². The van der Waals surface area contributed by atoms with Gasteiger partial charge in [-0.2, -0.15) is 0 Å². The standard InChI is InChI=1S/C38H48N4O14/c43-18-26-28(44)31(47)33(49)37(56-26)53-20-27-29(45)30(46)32(48)36(55-27)42-41-35(51)25(17-22-12-6-2-7-13-22)39-34(50)24(16-21-10-4-1-5-11-21)40-38(52)54-19-23-14-8-3-9-15-23/h1-15,24-33,36-37,42-49H,16-20H2,(H,39,50)(H,40,52)(H,41,51)/t24-,25-,26+,27+,28+,29+,30-,31-,32+,33+,36+,37+/m0/s1. The minimum Gasteiger partial charge on any atom is -0.445 e. The van der Waals surface area contributed by atoms with Gasteiger partial charge in [0.25, 0.3) is 5.91 Å². The maximum absolute atomic E-state index is 13.9. The van der Waals surface area contributed by atoms with Crippen molar-refractivity contribution in [3.8, 4) is 0 Å². The van der Waals surface area contributed by atoms with Crippen LogP contribution in [0.2, 0.25) is 0 Å². The van der Waals surface area contributed by atoms with Crippen molar-refractivity contribution in [1.29, 1.82) is 0 Å². The fourth-order valence-electron chi connectivity index (χ4n) is 6.13. The number of aliphatic hydroxyl groups excluding tert-OH is 7. The molecule has 0 aliphatic carbocycles. The summed E-state index contributed by atoms with van der Waals surface area (Å²) in [6, 6.07) is 24.2. The largest absolute Gasteiger partial charge is 0.445 e. The first-order valence-electron chi connectivity index (χ1n) is 18.0. The van der Waals surface area contributed by atoms with Gasteiger partial charge < -0.3 is 65.3 Å². The van der Waals surface area contributed by atoms with Crippen molar-refractivity contribution in [3.05, 3.63) is 108 Å². The van der Waals surface area contributed by atoms with E-state index >= 15 is 0 Å². The van der Waals surface area contributed by atoms with Crippen LogP contribution in [0.3, 0.4) is 0 Å². The zero-order valence-electron chi connectivity index (χ0n) is 30.1. The average Bonchev–Trinajstić information content (AvgIpc) is 3.21. The summed E-state index contributed by atoms with van der Waals surface area (Å²) in [6.07, 6.45) is -17.1. The highest BCUT2D eigenvalue weighted by Gasteiger charge is 2.47. The Morgan fingerprint density at radius 3 is 1.70 bits per heavy atom. The number of aliphatic hydroxyl groups is 7. The quantitative estimate of drug-likeness (QED) is 0.0670. The number of carbonyl (C=O) groups excluding carboxylic acids is 3. The van der Waals surface area contributed by atoms with Crippen LogP contribution in [0.1, 0.15) is 16.7 Å². The third kappa shape index (κ3) is 11.5. The van der Waals surface area contributed by atoms with Gasteiger partial charge in [0, 0.05) is 12.8 Å². The summed E-state index contributed by atoms with van der Waals surface area (Å²) in [5.41, 5.74) is 6.98. The van der Waals surface area contributed by atoms with Crippen LogP contribution in [0, 0.1) is 0 Å². The van der Waals surface area contributed by atoms with E-state index in [1.54, 1.807) is 84.9 Å². The molecule has 3 aromatic rings. The van der Waals surface area contributed by atoms with Crippen LogP contribution < -0.4 is 21.5 Å². The summed E-state index contributed by atoms with van der Waals surface area (Å²) in [5.74, 6) is -1.52. The molecular formula is C38H48N4O14. The smallest absolute Gasteiger partial charge is 0.408 e. The van der Waals surface area contributed by atoms with Crippen molar-refractivity contribution in [2.45, 2.75) is 92.9 Å². The van der Waals surface area contributed by atoms with E-state index < -0.39 is 105 Å². The Hall–Kier alpha value is -4.57. The molecule has 18 nitrogen and oxygen atoms in total. The molecule has 11 N–H and O–H groups in total. The van der Waals surface area contributed by atoms with E-state index in [0.29, 0.717) is 5.56 Å². The second-order valence-electron chi connectivity index (χ2n) is 13.4. The molecule has 2 saturated heterocycles. The number of amides is 3. The third-order valence-electron chi connectivity index (χ3n) is 9.34. The molecule has 0 saturated carbocycles. The maximum Gasteiger partial charge on any atom is 0.408 e. The first kappa shape index (κ1) is 42.6. The highest BCUT2D eigenvalue weighted by molar-refractivity contribution is 5.91. The second-order valence-corrected chi connectivity index (χ2v) is 13.4. The molecule has 0 aromatic heterocycles. The lowest BCUT2D eigenvalue weighted by Crippen LogP contribution is -2.66. The van der Waals surface area contributed by atoms with Crippen molar-refractivity contribution in [1.82, 2.24) is 21.5 Å². The molecule has 18 heteroatoms. The van der Waals surface area contributed by atoms with Crippen molar-refractivity contribution in [3.63, 3.8) is 0 Å². The minimum atomic E-state index is -1.83. The summed E-state index contributed by atoms with van der Waals surface area (Å²) in [7, 11) is 0. The number of rotatable bonds is 16. The number of carbonyl (C=O) groups is 3. The van der Waals surface area contributed by atoms with Crippen molar-refractivity contribution >= 4 is 17.9 Å². The zero-order valence-corrected chi connectivity index (χ0v) is 30.1. The number of nitrogens with one attached hydrogen (secondary N) is 4. The SMILES string of the molecule is O=C(N[C@@H](Cc1ccccc1)C(=O)N[C@@H](Cc1ccccc1)C(=O)NN[C@@H]1O[C@H](CO[C@@H]2O[C@H](CO)[C@@H](O)[C@H](O)[C@H]2O)[C@@H](O)[C@H](O)[C@H]1O)OCc1ccccc1. The molecule has 3 aromatic carbocycles. The average molecular weight is 785 g/mol. The summed E-state index contributed by atoms with van der Waals surface area (Å²) in [5, 5.41) is 77.0. The Bertz CT molecular complexity index is 1680. The zero-order chi connectivity index (χ0) is 40.2. The topological polar surface area (TPSA) is 278 Å². The third-order valence-corrected chi connectivity index (χ3v) is 9.34. The molecule has 3 amide bonds. The van der Waals surface area contributed by atoms with E-state index in [4.69, 9.17) is 18.9 Å². The highest BCUT2D eigenvalue weighted by Crippen LogP contribution is 2.25. The van der Waals surface area contributed by atoms with E-state index in [2.05, 4.69) is 21.5 Å². The minimum absolute atomic E-state index is 0.0123. The molecule has 0 spiro atoms. The van der Waals surface area contributed by atoms with E-state index in [-0.39, 0.29) is 19.4 Å². The first-order valence-corrected chi connectivity index (χ1v) is 18.0. The molecule has 0 radical (unpaired) electrons. The van der Waals surface area contributed by atoms with Crippen molar-refractivity contribution in [2.24, 2.45) is 0 Å². The van der Waals surface area contributed by atoms with Gasteiger partial charge in [0.05, 0.1) is 13.2 Å². The van der Waals surface area contributed by atoms with Crippen LogP contribution in [0.25, 0.3) is 0 Å². The lowest BCUT2D eigenvalue weighted by atomic mass is 9.98. The van der Waals surface area contributed by atoms with Crippen LogP contribution in [0.5, 0.6) is 0 Å². The second kappa shape index (κ2) is 20.6. The van der Waals surface area contributed by atoms with Gasteiger partial charge >= 0.3 is 6.09 Å². The fraction of sp³-hybridized carbons (Fsp3) is 0.447. The van der Waals surface area contributed by atoms with E-state index in [1.807, 2.05) is 6.07 Å². The van der Waals surface area contributed by atoms with E-state index in [1.165, 1.54) is 0 Å². The predicted octanol–water partition coefficient (Wildman–Crippen LogP) is -2.50. The summed E-state index contributed by atoms with van der Waals surface area (Å²) < 4.78 is 21.8. The number of hydrogen-bond donors (Lipinski definition) is 11. The van der Waals surface area contributed by atoms with Crippen LogP contribution in [0.4, 0.5) is 4.79 Å². The molecular weight excluding hydrogens is 736 g/mol. The molecule has 2 fully saturated rings. The first-order chi connectivity index (χ1) is 26.9. The molecule has 304 valence electrons. The highest BCUT2D eigenvalue weighted by atomic mass is 16.7. The number of benzene rings is 3. The Kier molecular flexibility index (Phi) is 15.6. The number of ether oxygens (including phenoxy) is 4. The van der Waals surface area contributed by atoms with E-state index in [0.717, 1.165) is 11.1 Å². The Balaban J connectivity index is 1.25. The molecule has 2 aliphatic heterocycles. The van der Waals surface area contributed by atoms with Crippen LogP contribution in [-0.2, 0) is 48.0 Å². The van der Waals surface area contributed by atoms with Gasteiger partial charge in [0.1, 0.15) is 67.5 Å². The molecule has 12 atom stereocenters. The molecule has 5 rings (SSSR count). The molecule has 2 aliphatic rings.